The maximum atomic E-state index is 5.99. The summed E-state index contributed by atoms with van der Waals surface area (Å²) >= 11 is 5.99. The Morgan fingerprint density at radius 2 is 2.00 bits per heavy atom. The van der Waals surface area contributed by atoms with E-state index in [1.165, 1.54) is 0 Å². The standard InChI is InChI=1S/C16H16ClN5/c1-21(2)9-8-13-15-16(19-14(17)10-18-15)22(20-13)11-12-6-4-3-5-7-12/h3-10H,11H2,1-2H3/b9-8-. The third-order valence-electron chi connectivity index (χ3n) is 3.15. The van der Waals surface area contributed by atoms with Crippen LogP contribution in [0.2, 0.25) is 5.15 Å². The fourth-order valence-electron chi connectivity index (χ4n) is 2.14. The normalized spacial score (nSPS) is 11.4. The number of aromatic nitrogens is 4. The molecule has 6 heteroatoms. The zero-order chi connectivity index (χ0) is 15.5. The smallest absolute Gasteiger partial charge is 0.179 e. The van der Waals surface area contributed by atoms with Crippen LogP contribution in [-0.4, -0.2) is 38.7 Å². The Labute approximate surface area is 133 Å². The van der Waals surface area contributed by atoms with Crippen molar-refractivity contribution in [2.75, 3.05) is 14.1 Å². The third kappa shape index (κ3) is 3.09. The SMILES string of the molecule is CN(C)/C=C\c1nn(Cc2ccccc2)c2nc(Cl)cnc12. The first kappa shape index (κ1) is 14.5. The van der Waals surface area contributed by atoms with Gasteiger partial charge < -0.3 is 4.90 Å². The topological polar surface area (TPSA) is 46.8 Å². The summed E-state index contributed by atoms with van der Waals surface area (Å²) < 4.78 is 1.83. The number of hydrogen-bond donors (Lipinski definition) is 0. The maximum Gasteiger partial charge on any atom is 0.179 e. The van der Waals surface area contributed by atoms with Crippen LogP contribution in [-0.2, 0) is 6.54 Å². The first-order chi connectivity index (χ1) is 10.6. The molecule has 0 saturated heterocycles. The molecule has 0 atom stereocenters. The zero-order valence-corrected chi connectivity index (χ0v) is 13.2. The van der Waals surface area contributed by atoms with Gasteiger partial charge in [-0.2, -0.15) is 5.10 Å². The molecule has 0 aliphatic heterocycles. The van der Waals surface area contributed by atoms with Crippen molar-refractivity contribution in [1.29, 1.82) is 0 Å². The van der Waals surface area contributed by atoms with E-state index in [4.69, 9.17) is 11.6 Å². The molecule has 0 fully saturated rings. The molecular weight excluding hydrogens is 298 g/mol. The van der Waals surface area contributed by atoms with Gasteiger partial charge in [0.05, 0.1) is 12.7 Å². The van der Waals surface area contributed by atoms with Gasteiger partial charge in [0.1, 0.15) is 16.4 Å². The summed E-state index contributed by atoms with van der Waals surface area (Å²) in [5, 5.41) is 4.98. The predicted molar refractivity (Wildman–Crippen MR) is 88.6 cm³/mol. The molecule has 3 rings (SSSR count). The molecule has 2 heterocycles. The van der Waals surface area contributed by atoms with E-state index in [2.05, 4.69) is 27.2 Å². The van der Waals surface area contributed by atoms with Crippen LogP contribution in [0.4, 0.5) is 0 Å². The molecule has 3 aromatic rings. The molecular formula is C16H16ClN5. The fraction of sp³-hybridized carbons (Fsp3) is 0.188. The highest BCUT2D eigenvalue weighted by molar-refractivity contribution is 6.29. The van der Waals surface area contributed by atoms with Crippen molar-refractivity contribution in [1.82, 2.24) is 24.6 Å². The molecule has 0 saturated carbocycles. The second kappa shape index (κ2) is 6.15. The molecule has 0 aliphatic carbocycles. The fourth-order valence-corrected chi connectivity index (χ4v) is 2.27. The first-order valence-electron chi connectivity index (χ1n) is 6.91. The molecule has 22 heavy (non-hydrogen) atoms. The number of halogens is 1. The van der Waals surface area contributed by atoms with E-state index >= 15 is 0 Å². The molecule has 5 nitrogen and oxygen atoms in total. The van der Waals surface area contributed by atoms with Crippen LogP contribution in [0.5, 0.6) is 0 Å². The molecule has 1 aromatic carbocycles. The van der Waals surface area contributed by atoms with Gasteiger partial charge in [-0.15, -0.1) is 0 Å². The molecule has 0 bridgehead atoms. The second-order valence-electron chi connectivity index (χ2n) is 5.17. The van der Waals surface area contributed by atoms with Crippen molar-refractivity contribution in [2.45, 2.75) is 6.54 Å². The highest BCUT2D eigenvalue weighted by atomic mass is 35.5. The summed E-state index contributed by atoms with van der Waals surface area (Å²) in [5.74, 6) is 0. The number of fused-ring (bicyclic) bond motifs is 1. The van der Waals surface area contributed by atoms with Gasteiger partial charge in [0.15, 0.2) is 5.65 Å². The Balaban J connectivity index is 2.07. The Morgan fingerprint density at radius 3 is 2.73 bits per heavy atom. The number of rotatable bonds is 4. The quantitative estimate of drug-likeness (QED) is 0.742. The molecule has 0 unspecified atom stereocenters. The van der Waals surface area contributed by atoms with E-state index in [-0.39, 0.29) is 0 Å². The molecule has 0 radical (unpaired) electrons. The average molecular weight is 314 g/mol. The minimum absolute atomic E-state index is 0.366. The van der Waals surface area contributed by atoms with Gasteiger partial charge in [-0.3, -0.25) is 0 Å². The molecule has 112 valence electrons. The van der Waals surface area contributed by atoms with Crippen molar-refractivity contribution in [3.05, 3.63) is 59.1 Å². The largest absolute Gasteiger partial charge is 0.383 e. The van der Waals surface area contributed by atoms with Gasteiger partial charge in [-0.1, -0.05) is 41.9 Å². The summed E-state index contributed by atoms with van der Waals surface area (Å²) in [7, 11) is 3.92. The van der Waals surface area contributed by atoms with Crippen LogP contribution in [0.3, 0.4) is 0 Å². The Morgan fingerprint density at radius 1 is 1.23 bits per heavy atom. The molecule has 0 amide bonds. The second-order valence-corrected chi connectivity index (χ2v) is 5.56. The minimum atomic E-state index is 0.366. The highest BCUT2D eigenvalue weighted by Crippen LogP contribution is 2.19. The van der Waals surface area contributed by atoms with E-state index in [0.717, 1.165) is 16.8 Å². The lowest BCUT2D eigenvalue weighted by Crippen LogP contribution is -2.03. The van der Waals surface area contributed by atoms with Gasteiger partial charge in [-0.25, -0.2) is 14.6 Å². The third-order valence-corrected chi connectivity index (χ3v) is 3.33. The van der Waals surface area contributed by atoms with Gasteiger partial charge >= 0.3 is 0 Å². The van der Waals surface area contributed by atoms with Crippen LogP contribution in [0.15, 0.2) is 42.7 Å². The number of hydrogen-bond acceptors (Lipinski definition) is 4. The lowest BCUT2D eigenvalue weighted by molar-refractivity contribution is 0.567. The summed E-state index contributed by atoms with van der Waals surface area (Å²) in [6.45, 7) is 0.627. The molecule has 0 aliphatic rings. The summed E-state index contributed by atoms with van der Waals surface area (Å²) in [6.07, 6.45) is 5.41. The van der Waals surface area contributed by atoms with Gasteiger partial charge in [-0.05, 0) is 11.6 Å². The molecule has 0 spiro atoms. The van der Waals surface area contributed by atoms with Crippen LogP contribution in [0, 0.1) is 0 Å². The van der Waals surface area contributed by atoms with Gasteiger partial charge in [0.25, 0.3) is 0 Å². The van der Waals surface area contributed by atoms with Crippen molar-refractivity contribution >= 4 is 28.8 Å². The van der Waals surface area contributed by atoms with E-state index in [0.29, 0.717) is 17.3 Å². The lowest BCUT2D eigenvalue weighted by atomic mass is 10.2. The van der Waals surface area contributed by atoms with Gasteiger partial charge in [0, 0.05) is 20.3 Å². The van der Waals surface area contributed by atoms with E-state index < -0.39 is 0 Å². The van der Waals surface area contributed by atoms with Crippen molar-refractivity contribution in [3.8, 4) is 0 Å². The summed E-state index contributed by atoms with van der Waals surface area (Å²) in [4.78, 5) is 10.7. The minimum Gasteiger partial charge on any atom is -0.383 e. The Bertz CT molecular complexity index is 808. The van der Waals surface area contributed by atoms with E-state index in [9.17, 15) is 0 Å². The zero-order valence-electron chi connectivity index (χ0n) is 12.4. The number of benzene rings is 1. The first-order valence-corrected chi connectivity index (χ1v) is 7.29. The molecule has 0 N–H and O–H groups in total. The van der Waals surface area contributed by atoms with Crippen LogP contribution >= 0.6 is 11.6 Å². The average Bonchev–Trinajstić information content (AvgIpc) is 2.83. The van der Waals surface area contributed by atoms with Crippen LogP contribution in [0.1, 0.15) is 11.3 Å². The van der Waals surface area contributed by atoms with Gasteiger partial charge in [0.2, 0.25) is 0 Å². The summed E-state index contributed by atoms with van der Waals surface area (Å²) in [6, 6.07) is 10.1. The number of nitrogens with zero attached hydrogens (tertiary/aromatic N) is 5. The van der Waals surface area contributed by atoms with E-state index in [1.807, 2.05) is 54.2 Å². The van der Waals surface area contributed by atoms with Crippen LogP contribution < -0.4 is 0 Å². The monoisotopic (exact) mass is 313 g/mol. The summed E-state index contributed by atoms with van der Waals surface area (Å²) in [5.41, 5.74) is 3.37. The molecule has 2 aromatic heterocycles. The van der Waals surface area contributed by atoms with Crippen LogP contribution in [0.25, 0.3) is 17.2 Å². The van der Waals surface area contributed by atoms with E-state index in [1.54, 1.807) is 6.20 Å². The van der Waals surface area contributed by atoms with Crippen molar-refractivity contribution in [2.24, 2.45) is 0 Å². The predicted octanol–water partition coefficient (Wildman–Crippen LogP) is 3.06. The maximum absolute atomic E-state index is 5.99. The van der Waals surface area contributed by atoms with Crippen molar-refractivity contribution < 1.29 is 0 Å². The Hall–Kier alpha value is -2.40. The van der Waals surface area contributed by atoms with Crippen molar-refractivity contribution in [3.63, 3.8) is 0 Å². The Kier molecular flexibility index (Phi) is 4.06. The highest BCUT2D eigenvalue weighted by Gasteiger charge is 2.12. The lowest BCUT2D eigenvalue weighted by Gasteiger charge is -2.02.